The van der Waals surface area contributed by atoms with Crippen LogP contribution in [0.5, 0.6) is 0 Å². The molecule has 0 aromatic carbocycles. The first-order valence-electron chi connectivity index (χ1n) is 8.40. The van der Waals surface area contributed by atoms with Crippen LogP contribution in [-0.4, -0.2) is 55.3 Å². The van der Waals surface area contributed by atoms with Gasteiger partial charge in [0.1, 0.15) is 5.82 Å². The van der Waals surface area contributed by atoms with Crippen molar-refractivity contribution in [1.82, 2.24) is 29.1 Å². The predicted octanol–water partition coefficient (Wildman–Crippen LogP) is 0.336. The van der Waals surface area contributed by atoms with Crippen molar-refractivity contribution in [1.29, 1.82) is 0 Å². The molecule has 3 aromatic rings. The van der Waals surface area contributed by atoms with Gasteiger partial charge in [0.15, 0.2) is 17.3 Å². The number of hydrogen-bond donors (Lipinski definition) is 0. The molecule has 0 saturated carbocycles. The highest BCUT2D eigenvalue weighted by atomic mass is 16.1. The topological polar surface area (TPSA) is 84.5 Å². The van der Waals surface area contributed by atoms with Gasteiger partial charge in [-0.3, -0.25) is 9.78 Å². The molecule has 0 spiro atoms. The number of fused-ring (bicyclic) bond motifs is 1. The summed E-state index contributed by atoms with van der Waals surface area (Å²) in [4.78, 5) is 29.6. The van der Waals surface area contributed by atoms with Crippen molar-refractivity contribution in [2.75, 3.05) is 36.0 Å². The van der Waals surface area contributed by atoms with Crippen molar-refractivity contribution in [2.24, 2.45) is 0 Å². The van der Waals surface area contributed by atoms with Crippen LogP contribution in [0.2, 0.25) is 0 Å². The summed E-state index contributed by atoms with van der Waals surface area (Å²) < 4.78 is 3.50. The summed E-state index contributed by atoms with van der Waals surface area (Å²) in [5, 5.41) is 4.45. The van der Waals surface area contributed by atoms with Crippen LogP contribution in [0.25, 0.3) is 5.65 Å². The van der Waals surface area contributed by atoms with Gasteiger partial charge in [-0.1, -0.05) is 0 Å². The summed E-state index contributed by atoms with van der Waals surface area (Å²) in [6, 6.07) is 0. The Kier molecular flexibility index (Phi) is 3.83. The van der Waals surface area contributed by atoms with Gasteiger partial charge in [-0.25, -0.2) is 9.97 Å². The van der Waals surface area contributed by atoms with Gasteiger partial charge in [0.2, 0.25) is 0 Å². The first-order valence-corrected chi connectivity index (χ1v) is 8.40. The molecule has 1 aliphatic heterocycles. The Hall–Kier alpha value is -2.97. The molecule has 3 aromatic heterocycles. The molecule has 0 N–H and O–H groups in total. The second-order valence-electron chi connectivity index (χ2n) is 6.01. The maximum absolute atomic E-state index is 12.4. The Labute approximate surface area is 144 Å². The van der Waals surface area contributed by atoms with Crippen LogP contribution in [0, 0.1) is 6.92 Å². The smallest absolute Gasteiger partial charge is 0.293 e. The lowest BCUT2D eigenvalue weighted by atomic mass is 10.3. The van der Waals surface area contributed by atoms with E-state index >= 15 is 0 Å². The third-order valence-electron chi connectivity index (χ3n) is 4.47. The van der Waals surface area contributed by atoms with Gasteiger partial charge in [0.25, 0.3) is 5.56 Å². The number of aryl methyl sites for hydroxylation is 2. The first-order chi connectivity index (χ1) is 12.2. The first kappa shape index (κ1) is 15.6. The highest BCUT2D eigenvalue weighted by Crippen LogP contribution is 2.17. The summed E-state index contributed by atoms with van der Waals surface area (Å²) in [5.41, 5.74) is 0.710. The van der Waals surface area contributed by atoms with Crippen LogP contribution >= 0.6 is 0 Å². The molecule has 0 atom stereocenters. The predicted molar refractivity (Wildman–Crippen MR) is 94.1 cm³/mol. The molecule has 4 rings (SSSR count). The van der Waals surface area contributed by atoms with Crippen molar-refractivity contribution >= 4 is 17.3 Å². The molecule has 1 fully saturated rings. The average molecular weight is 340 g/mol. The zero-order valence-corrected chi connectivity index (χ0v) is 14.3. The maximum Gasteiger partial charge on any atom is 0.293 e. The summed E-state index contributed by atoms with van der Waals surface area (Å²) in [6.07, 6.45) is 6.93. The monoisotopic (exact) mass is 340 g/mol. The van der Waals surface area contributed by atoms with E-state index in [-0.39, 0.29) is 5.56 Å². The molecule has 9 nitrogen and oxygen atoms in total. The van der Waals surface area contributed by atoms with Gasteiger partial charge in [0.05, 0.1) is 12.4 Å². The highest BCUT2D eigenvalue weighted by Gasteiger charge is 2.22. The molecule has 9 heteroatoms. The molecule has 25 heavy (non-hydrogen) atoms. The number of aromatic nitrogens is 6. The number of hydrogen-bond acceptors (Lipinski definition) is 7. The van der Waals surface area contributed by atoms with Gasteiger partial charge in [0, 0.05) is 45.1 Å². The van der Waals surface area contributed by atoms with Crippen LogP contribution in [0.4, 0.5) is 11.6 Å². The minimum Gasteiger partial charge on any atom is -0.352 e. The molecule has 4 heterocycles. The molecule has 130 valence electrons. The molecule has 1 saturated heterocycles. The van der Waals surface area contributed by atoms with Gasteiger partial charge in [-0.05, 0) is 13.8 Å². The van der Waals surface area contributed by atoms with Crippen molar-refractivity contribution in [3.05, 3.63) is 41.0 Å². The zero-order chi connectivity index (χ0) is 17.4. The Morgan fingerprint density at radius 1 is 1.12 bits per heavy atom. The fourth-order valence-electron chi connectivity index (χ4n) is 3.17. The highest BCUT2D eigenvalue weighted by molar-refractivity contribution is 5.49. The van der Waals surface area contributed by atoms with E-state index in [0.717, 1.165) is 43.5 Å². The van der Waals surface area contributed by atoms with Gasteiger partial charge < -0.3 is 14.4 Å². The van der Waals surface area contributed by atoms with E-state index in [4.69, 9.17) is 0 Å². The largest absolute Gasteiger partial charge is 0.352 e. The second-order valence-corrected chi connectivity index (χ2v) is 6.01. The van der Waals surface area contributed by atoms with Crippen LogP contribution in [-0.2, 0) is 6.54 Å². The second kappa shape index (κ2) is 6.15. The van der Waals surface area contributed by atoms with Crippen LogP contribution < -0.4 is 15.4 Å². The minimum atomic E-state index is -0.0332. The molecule has 0 aliphatic carbocycles. The van der Waals surface area contributed by atoms with E-state index in [1.165, 1.54) is 0 Å². The summed E-state index contributed by atoms with van der Waals surface area (Å²) >= 11 is 0. The standard InChI is InChI=1S/C16H20N8O/c1-3-21-5-4-18-15(16(21)25)23-8-6-22(7-9-23)14-11-17-10-13-19-12(2)20-24(13)14/h4-5,10-11H,3,6-9H2,1-2H3. The molecular weight excluding hydrogens is 320 g/mol. The van der Waals surface area contributed by atoms with E-state index < -0.39 is 0 Å². The van der Waals surface area contributed by atoms with E-state index in [9.17, 15) is 4.79 Å². The lowest BCUT2D eigenvalue weighted by Gasteiger charge is -2.36. The lowest BCUT2D eigenvalue weighted by Crippen LogP contribution is -2.49. The van der Waals surface area contributed by atoms with Crippen molar-refractivity contribution in [2.45, 2.75) is 20.4 Å². The fourth-order valence-corrected chi connectivity index (χ4v) is 3.17. The van der Waals surface area contributed by atoms with Gasteiger partial charge in [-0.2, -0.15) is 4.52 Å². The summed E-state index contributed by atoms with van der Waals surface area (Å²) in [6.45, 7) is 7.45. The Bertz CT molecular complexity index is 954. The summed E-state index contributed by atoms with van der Waals surface area (Å²) in [5.74, 6) is 2.17. The normalized spacial score (nSPS) is 15.1. The number of rotatable bonds is 3. The molecule has 0 radical (unpaired) electrons. The van der Waals surface area contributed by atoms with Gasteiger partial charge in [-0.15, -0.1) is 5.10 Å². The van der Waals surface area contributed by atoms with Crippen LogP contribution in [0.3, 0.4) is 0 Å². The lowest BCUT2D eigenvalue weighted by molar-refractivity contribution is 0.621. The van der Waals surface area contributed by atoms with E-state index in [2.05, 4.69) is 25.0 Å². The zero-order valence-electron chi connectivity index (χ0n) is 14.3. The SMILES string of the molecule is CCn1ccnc(N2CCN(c3cncc4nc(C)nn34)CC2)c1=O. The van der Waals surface area contributed by atoms with Crippen molar-refractivity contribution in [3.8, 4) is 0 Å². The van der Waals surface area contributed by atoms with Gasteiger partial charge >= 0.3 is 0 Å². The average Bonchev–Trinajstić information content (AvgIpc) is 3.02. The maximum atomic E-state index is 12.4. The van der Waals surface area contributed by atoms with Crippen molar-refractivity contribution < 1.29 is 0 Å². The molecular formula is C16H20N8O. The third-order valence-corrected chi connectivity index (χ3v) is 4.47. The molecule has 0 bridgehead atoms. The van der Waals surface area contributed by atoms with Crippen LogP contribution in [0.1, 0.15) is 12.7 Å². The Morgan fingerprint density at radius 3 is 2.64 bits per heavy atom. The fraction of sp³-hybridized carbons (Fsp3) is 0.438. The number of piperazine rings is 1. The summed E-state index contributed by atoms with van der Waals surface area (Å²) in [7, 11) is 0. The molecule has 0 unspecified atom stereocenters. The number of nitrogens with zero attached hydrogens (tertiary/aromatic N) is 8. The Balaban J connectivity index is 1.56. The molecule has 1 aliphatic rings. The van der Waals surface area contributed by atoms with Crippen molar-refractivity contribution in [3.63, 3.8) is 0 Å². The van der Waals surface area contributed by atoms with E-state index in [0.29, 0.717) is 12.4 Å². The Morgan fingerprint density at radius 2 is 1.88 bits per heavy atom. The van der Waals surface area contributed by atoms with E-state index in [1.54, 1.807) is 23.2 Å². The van der Waals surface area contributed by atoms with E-state index in [1.807, 2.05) is 29.5 Å². The minimum absolute atomic E-state index is 0.0332. The molecule has 0 amide bonds. The third kappa shape index (κ3) is 2.71. The quantitative estimate of drug-likeness (QED) is 0.679. The van der Waals surface area contributed by atoms with Crippen LogP contribution in [0.15, 0.2) is 29.6 Å². The number of anilines is 2.